The van der Waals surface area contributed by atoms with E-state index >= 15 is 0 Å². The Kier molecular flexibility index (Phi) is 3.11. The molecule has 0 aromatic heterocycles. The third-order valence-corrected chi connectivity index (χ3v) is 1.06. The molecule has 3 nitrogen and oxygen atoms in total. The van der Waals surface area contributed by atoms with Crippen LogP contribution in [0.25, 0.3) is 0 Å². The molecule has 0 fully saturated rings. The van der Waals surface area contributed by atoms with Crippen LogP contribution in [-0.2, 0) is 4.79 Å². The van der Waals surface area contributed by atoms with Gasteiger partial charge in [-0.1, -0.05) is 12.7 Å². The Labute approximate surface area is 59.4 Å². The molecule has 0 aliphatic carbocycles. The van der Waals surface area contributed by atoms with Crippen molar-refractivity contribution in [1.29, 1.82) is 0 Å². The number of aliphatic imine (C=N–C) groups is 1. The van der Waals surface area contributed by atoms with Gasteiger partial charge < -0.3 is 5.11 Å². The monoisotopic (exact) mass is 139 g/mol. The SMILES string of the molecule is C=C/C(C(=O)O)=C(/C)N=C. The molecule has 0 rings (SSSR count). The van der Waals surface area contributed by atoms with Crippen molar-refractivity contribution in [3.63, 3.8) is 0 Å². The number of carbonyl (C=O) groups is 1. The minimum Gasteiger partial charge on any atom is -0.478 e. The molecule has 0 aliphatic rings. The lowest BCUT2D eigenvalue weighted by molar-refractivity contribution is -0.132. The van der Waals surface area contributed by atoms with Crippen LogP contribution in [0, 0.1) is 0 Å². The number of hydrogen-bond donors (Lipinski definition) is 1. The summed E-state index contributed by atoms with van der Waals surface area (Å²) >= 11 is 0. The van der Waals surface area contributed by atoms with Crippen LogP contribution in [-0.4, -0.2) is 17.8 Å². The highest BCUT2D eigenvalue weighted by molar-refractivity contribution is 5.90. The standard InChI is InChI=1S/C7H9NO2/c1-4-6(7(9)10)5(2)8-3/h4H,1,3H2,2H3,(H,9,10)/b6-5+. The van der Waals surface area contributed by atoms with Gasteiger partial charge in [0.25, 0.3) is 0 Å². The highest BCUT2D eigenvalue weighted by Gasteiger charge is 2.04. The fraction of sp³-hybridized carbons (Fsp3) is 0.143. The lowest BCUT2D eigenvalue weighted by atomic mass is 10.2. The molecule has 0 aromatic carbocycles. The second kappa shape index (κ2) is 3.61. The van der Waals surface area contributed by atoms with E-state index in [0.29, 0.717) is 5.70 Å². The predicted molar refractivity (Wildman–Crippen MR) is 40.1 cm³/mol. The number of allylic oxidation sites excluding steroid dienone is 1. The summed E-state index contributed by atoms with van der Waals surface area (Å²) < 4.78 is 0. The van der Waals surface area contributed by atoms with Gasteiger partial charge in [-0.2, -0.15) is 0 Å². The highest BCUT2D eigenvalue weighted by Crippen LogP contribution is 2.05. The average molecular weight is 139 g/mol. The molecule has 0 spiro atoms. The van der Waals surface area contributed by atoms with E-state index in [1.807, 2.05) is 0 Å². The summed E-state index contributed by atoms with van der Waals surface area (Å²) in [5.74, 6) is -1.03. The topological polar surface area (TPSA) is 49.7 Å². The zero-order valence-corrected chi connectivity index (χ0v) is 5.79. The summed E-state index contributed by atoms with van der Waals surface area (Å²) in [6.45, 7) is 8.09. The lowest BCUT2D eigenvalue weighted by Gasteiger charge is -1.95. The van der Waals surface area contributed by atoms with E-state index < -0.39 is 5.97 Å². The Morgan fingerprint density at radius 3 is 2.30 bits per heavy atom. The average Bonchev–Trinajstić information content (AvgIpc) is 1.88. The van der Waals surface area contributed by atoms with Gasteiger partial charge in [0.15, 0.2) is 0 Å². The zero-order chi connectivity index (χ0) is 8.15. The molecule has 0 unspecified atom stereocenters. The number of nitrogens with zero attached hydrogens (tertiary/aromatic N) is 1. The van der Waals surface area contributed by atoms with Crippen LogP contribution in [0.1, 0.15) is 6.92 Å². The number of aliphatic carboxylic acids is 1. The molecule has 0 saturated heterocycles. The van der Waals surface area contributed by atoms with Gasteiger partial charge in [0.2, 0.25) is 0 Å². The fourth-order valence-corrected chi connectivity index (χ4v) is 0.475. The first-order valence-electron chi connectivity index (χ1n) is 2.66. The van der Waals surface area contributed by atoms with Crippen LogP contribution < -0.4 is 0 Å². The maximum atomic E-state index is 10.3. The van der Waals surface area contributed by atoms with Crippen molar-refractivity contribution < 1.29 is 9.90 Å². The molecule has 1 N–H and O–H groups in total. The molecule has 3 heteroatoms. The molecular formula is C7H9NO2. The second-order valence-electron chi connectivity index (χ2n) is 1.67. The molecule has 0 aromatic rings. The van der Waals surface area contributed by atoms with E-state index in [2.05, 4.69) is 18.3 Å². The van der Waals surface area contributed by atoms with Gasteiger partial charge in [0.05, 0.1) is 11.3 Å². The zero-order valence-electron chi connectivity index (χ0n) is 5.79. The summed E-state index contributed by atoms with van der Waals surface area (Å²) in [4.78, 5) is 13.8. The van der Waals surface area contributed by atoms with Gasteiger partial charge in [-0.15, -0.1) is 0 Å². The first-order chi connectivity index (χ1) is 4.63. The molecule has 0 bridgehead atoms. The number of carboxylic acid groups (broad SMARTS) is 1. The Morgan fingerprint density at radius 1 is 1.70 bits per heavy atom. The molecule has 0 radical (unpaired) electrons. The first-order valence-corrected chi connectivity index (χ1v) is 2.66. The lowest BCUT2D eigenvalue weighted by Crippen LogP contribution is -1.99. The van der Waals surface area contributed by atoms with Crippen molar-refractivity contribution in [2.24, 2.45) is 4.99 Å². The summed E-state index contributed by atoms with van der Waals surface area (Å²) in [5.41, 5.74) is 0.470. The Hall–Kier alpha value is -1.38. The summed E-state index contributed by atoms with van der Waals surface area (Å²) in [6, 6.07) is 0. The summed E-state index contributed by atoms with van der Waals surface area (Å²) in [6.07, 6.45) is 1.24. The van der Waals surface area contributed by atoms with Crippen LogP contribution in [0.15, 0.2) is 28.9 Å². The van der Waals surface area contributed by atoms with Gasteiger partial charge in [0, 0.05) is 0 Å². The van der Waals surface area contributed by atoms with Crippen molar-refractivity contribution in [2.45, 2.75) is 6.92 Å². The molecule has 0 atom stereocenters. The van der Waals surface area contributed by atoms with Gasteiger partial charge >= 0.3 is 5.97 Å². The van der Waals surface area contributed by atoms with Crippen LogP contribution >= 0.6 is 0 Å². The maximum Gasteiger partial charge on any atom is 0.337 e. The highest BCUT2D eigenvalue weighted by atomic mass is 16.4. The summed E-state index contributed by atoms with van der Waals surface area (Å²) in [5, 5.41) is 8.46. The van der Waals surface area contributed by atoms with Gasteiger partial charge in [0.1, 0.15) is 0 Å². The van der Waals surface area contributed by atoms with E-state index in [1.54, 1.807) is 6.92 Å². The molecule has 0 amide bonds. The quantitative estimate of drug-likeness (QED) is 0.363. The normalized spacial score (nSPS) is 11.7. The number of hydrogen-bond acceptors (Lipinski definition) is 2. The van der Waals surface area contributed by atoms with E-state index in [1.165, 1.54) is 6.08 Å². The Balaban J connectivity index is 4.79. The van der Waals surface area contributed by atoms with Crippen molar-refractivity contribution in [1.82, 2.24) is 0 Å². The van der Waals surface area contributed by atoms with Crippen LogP contribution in [0.4, 0.5) is 0 Å². The number of rotatable bonds is 3. The van der Waals surface area contributed by atoms with E-state index in [0.717, 1.165) is 0 Å². The van der Waals surface area contributed by atoms with E-state index in [-0.39, 0.29) is 5.57 Å². The maximum absolute atomic E-state index is 10.3. The smallest absolute Gasteiger partial charge is 0.337 e. The molecular weight excluding hydrogens is 130 g/mol. The fourth-order valence-electron chi connectivity index (χ4n) is 0.475. The van der Waals surface area contributed by atoms with Crippen molar-refractivity contribution in [3.05, 3.63) is 23.9 Å². The predicted octanol–water partition coefficient (Wildman–Crippen LogP) is 1.23. The Morgan fingerprint density at radius 2 is 2.20 bits per heavy atom. The van der Waals surface area contributed by atoms with E-state index in [4.69, 9.17) is 5.11 Å². The molecule has 10 heavy (non-hydrogen) atoms. The van der Waals surface area contributed by atoms with Crippen LogP contribution in [0.5, 0.6) is 0 Å². The van der Waals surface area contributed by atoms with Gasteiger partial charge in [-0.3, -0.25) is 4.99 Å². The second-order valence-corrected chi connectivity index (χ2v) is 1.67. The minimum absolute atomic E-state index is 0.0926. The number of carboxylic acids is 1. The summed E-state index contributed by atoms with van der Waals surface area (Å²) in [7, 11) is 0. The largest absolute Gasteiger partial charge is 0.478 e. The Bertz CT molecular complexity index is 204. The van der Waals surface area contributed by atoms with Crippen molar-refractivity contribution in [2.75, 3.05) is 0 Å². The van der Waals surface area contributed by atoms with E-state index in [9.17, 15) is 4.79 Å². The third kappa shape index (κ3) is 1.85. The molecule has 54 valence electrons. The minimum atomic E-state index is -1.03. The van der Waals surface area contributed by atoms with Gasteiger partial charge in [-0.25, -0.2) is 4.79 Å². The van der Waals surface area contributed by atoms with Crippen molar-refractivity contribution >= 4 is 12.7 Å². The van der Waals surface area contributed by atoms with Crippen LogP contribution in [0.2, 0.25) is 0 Å². The van der Waals surface area contributed by atoms with Crippen molar-refractivity contribution in [3.8, 4) is 0 Å². The molecule has 0 aliphatic heterocycles. The molecule has 0 heterocycles. The van der Waals surface area contributed by atoms with Gasteiger partial charge in [-0.05, 0) is 13.6 Å². The molecule has 0 saturated carbocycles. The first kappa shape index (κ1) is 8.62. The third-order valence-electron chi connectivity index (χ3n) is 1.06. The van der Waals surface area contributed by atoms with Crippen LogP contribution in [0.3, 0.4) is 0 Å².